The Labute approximate surface area is 99.3 Å². The normalized spacial score (nSPS) is 26.5. The average Bonchev–Trinajstić information content (AvgIpc) is 2.59. The lowest BCUT2D eigenvalue weighted by molar-refractivity contribution is 0.395. The maximum absolute atomic E-state index is 12.4. The minimum absolute atomic E-state index is 0.0700. The van der Waals surface area contributed by atoms with Gasteiger partial charge in [-0.2, -0.15) is 0 Å². The van der Waals surface area contributed by atoms with Crippen LogP contribution in [0.5, 0.6) is 0 Å². The smallest absolute Gasteiger partial charge is 0.212 e. The second-order valence-electron chi connectivity index (χ2n) is 5.12. The molecular weight excluding hydrogens is 222 g/mol. The molecule has 1 aliphatic heterocycles. The summed E-state index contributed by atoms with van der Waals surface area (Å²) in [5, 5.41) is -0.0700. The van der Waals surface area contributed by atoms with E-state index in [1.54, 1.807) is 4.31 Å². The lowest BCUT2D eigenvalue weighted by Gasteiger charge is -2.28. The van der Waals surface area contributed by atoms with Gasteiger partial charge in [-0.3, -0.25) is 0 Å². The third kappa shape index (κ3) is 2.77. The standard InChI is InChI=1S/C12H23NO2S/c14-16(15,12-8-4-3-5-9-12)13-10-6-1-2-7-11-13/h12H,1-11H2. The Morgan fingerprint density at radius 3 is 1.81 bits per heavy atom. The van der Waals surface area contributed by atoms with Crippen molar-refractivity contribution in [2.24, 2.45) is 0 Å². The molecule has 3 nitrogen and oxygen atoms in total. The van der Waals surface area contributed by atoms with E-state index in [-0.39, 0.29) is 5.25 Å². The minimum atomic E-state index is -2.98. The highest BCUT2D eigenvalue weighted by Crippen LogP contribution is 2.27. The van der Waals surface area contributed by atoms with Gasteiger partial charge in [0.2, 0.25) is 10.0 Å². The number of sulfonamides is 1. The molecular formula is C12H23NO2S. The molecule has 0 spiro atoms. The SMILES string of the molecule is O=S(=O)(C1CCCCC1)N1CCCCCC1. The Bertz CT molecular complexity index is 299. The fraction of sp³-hybridized carbons (Fsp3) is 1.00. The topological polar surface area (TPSA) is 37.4 Å². The van der Waals surface area contributed by atoms with Gasteiger partial charge in [0.1, 0.15) is 0 Å². The molecule has 1 aliphatic carbocycles. The van der Waals surface area contributed by atoms with Crippen LogP contribution < -0.4 is 0 Å². The van der Waals surface area contributed by atoms with Gasteiger partial charge in [-0.25, -0.2) is 12.7 Å². The van der Waals surface area contributed by atoms with Crippen molar-refractivity contribution in [1.82, 2.24) is 4.31 Å². The molecule has 2 rings (SSSR count). The molecule has 0 aromatic rings. The van der Waals surface area contributed by atoms with Gasteiger partial charge < -0.3 is 0 Å². The summed E-state index contributed by atoms with van der Waals surface area (Å²) in [6.45, 7) is 1.53. The van der Waals surface area contributed by atoms with Gasteiger partial charge in [-0.05, 0) is 25.7 Å². The van der Waals surface area contributed by atoms with E-state index in [9.17, 15) is 8.42 Å². The highest BCUT2D eigenvalue weighted by atomic mass is 32.2. The summed E-state index contributed by atoms with van der Waals surface area (Å²) in [7, 11) is -2.98. The predicted octanol–water partition coefficient (Wildman–Crippen LogP) is 2.52. The maximum atomic E-state index is 12.4. The molecule has 16 heavy (non-hydrogen) atoms. The Morgan fingerprint density at radius 1 is 0.750 bits per heavy atom. The Hall–Kier alpha value is -0.0900. The van der Waals surface area contributed by atoms with Crippen molar-refractivity contribution in [2.75, 3.05) is 13.1 Å². The van der Waals surface area contributed by atoms with E-state index in [1.807, 2.05) is 0 Å². The molecule has 1 saturated heterocycles. The number of rotatable bonds is 2. The number of hydrogen-bond donors (Lipinski definition) is 0. The number of nitrogens with zero attached hydrogens (tertiary/aromatic N) is 1. The van der Waals surface area contributed by atoms with Crippen LogP contribution in [0.1, 0.15) is 57.8 Å². The summed E-state index contributed by atoms with van der Waals surface area (Å²) in [5.74, 6) is 0. The quantitative estimate of drug-likeness (QED) is 0.749. The summed E-state index contributed by atoms with van der Waals surface area (Å²) < 4.78 is 26.6. The van der Waals surface area contributed by atoms with Gasteiger partial charge in [0.15, 0.2) is 0 Å². The Balaban J connectivity index is 2.03. The fourth-order valence-electron chi connectivity index (χ4n) is 2.87. The minimum Gasteiger partial charge on any atom is -0.212 e. The van der Waals surface area contributed by atoms with Crippen molar-refractivity contribution in [2.45, 2.75) is 63.0 Å². The molecule has 0 unspecified atom stereocenters. The van der Waals surface area contributed by atoms with Crippen LogP contribution >= 0.6 is 0 Å². The van der Waals surface area contributed by atoms with E-state index in [4.69, 9.17) is 0 Å². The van der Waals surface area contributed by atoms with E-state index < -0.39 is 10.0 Å². The van der Waals surface area contributed by atoms with Gasteiger partial charge in [-0.1, -0.05) is 32.1 Å². The summed E-state index contributed by atoms with van der Waals surface area (Å²) in [4.78, 5) is 0. The molecule has 94 valence electrons. The van der Waals surface area contributed by atoms with Crippen molar-refractivity contribution >= 4 is 10.0 Å². The van der Waals surface area contributed by atoms with E-state index in [1.165, 1.54) is 19.3 Å². The zero-order chi connectivity index (χ0) is 11.4. The second kappa shape index (κ2) is 5.50. The predicted molar refractivity (Wildman–Crippen MR) is 65.8 cm³/mol. The Morgan fingerprint density at radius 2 is 1.25 bits per heavy atom. The zero-order valence-electron chi connectivity index (χ0n) is 10.0. The largest absolute Gasteiger partial charge is 0.216 e. The zero-order valence-corrected chi connectivity index (χ0v) is 10.8. The average molecular weight is 245 g/mol. The lowest BCUT2D eigenvalue weighted by atomic mass is 10.0. The van der Waals surface area contributed by atoms with Crippen molar-refractivity contribution in [1.29, 1.82) is 0 Å². The first-order valence-electron chi connectivity index (χ1n) is 6.70. The summed E-state index contributed by atoms with van der Waals surface area (Å²) in [5.41, 5.74) is 0. The molecule has 1 heterocycles. The first-order chi connectivity index (χ1) is 7.71. The molecule has 4 heteroatoms. The van der Waals surface area contributed by atoms with Crippen LogP contribution in [0.2, 0.25) is 0 Å². The van der Waals surface area contributed by atoms with Crippen LogP contribution in [0.25, 0.3) is 0 Å². The van der Waals surface area contributed by atoms with Gasteiger partial charge in [0.25, 0.3) is 0 Å². The third-order valence-electron chi connectivity index (χ3n) is 3.90. The van der Waals surface area contributed by atoms with Gasteiger partial charge >= 0.3 is 0 Å². The van der Waals surface area contributed by atoms with Crippen LogP contribution in [0.15, 0.2) is 0 Å². The van der Waals surface area contributed by atoms with Crippen molar-refractivity contribution < 1.29 is 8.42 Å². The molecule has 0 radical (unpaired) electrons. The van der Waals surface area contributed by atoms with E-state index in [2.05, 4.69) is 0 Å². The molecule has 2 aliphatic rings. The van der Waals surface area contributed by atoms with Crippen LogP contribution in [0.4, 0.5) is 0 Å². The van der Waals surface area contributed by atoms with E-state index in [0.717, 1.165) is 51.6 Å². The van der Waals surface area contributed by atoms with Crippen molar-refractivity contribution in [3.05, 3.63) is 0 Å². The summed E-state index contributed by atoms with van der Waals surface area (Å²) in [6, 6.07) is 0. The molecule has 0 aromatic heterocycles. The second-order valence-corrected chi connectivity index (χ2v) is 7.33. The number of hydrogen-bond acceptors (Lipinski definition) is 2. The fourth-order valence-corrected chi connectivity index (χ4v) is 4.99. The third-order valence-corrected chi connectivity index (χ3v) is 6.30. The van der Waals surface area contributed by atoms with Crippen molar-refractivity contribution in [3.63, 3.8) is 0 Å². The highest BCUT2D eigenvalue weighted by Gasteiger charge is 2.32. The maximum Gasteiger partial charge on any atom is 0.216 e. The molecule has 0 amide bonds. The molecule has 0 atom stereocenters. The Kier molecular flexibility index (Phi) is 4.25. The lowest BCUT2D eigenvalue weighted by Crippen LogP contribution is -2.40. The van der Waals surface area contributed by atoms with Crippen LogP contribution in [-0.4, -0.2) is 31.1 Å². The first kappa shape index (κ1) is 12.4. The molecule has 0 N–H and O–H groups in total. The van der Waals surface area contributed by atoms with Crippen LogP contribution in [0.3, 0.4) is 0 Å². The highest BCUT2D eigenvalue weighted by molar-refractivity contribution is 7.89. The van der Waals surface area contributed by atoms with E-state index >= 15 is 0 Å². The molecule has 1 saturated carbocycles. The van der Waals surface area contributed by atoms with Crippen LogP contribution in [-0.2, 0) is 10.0 Å². The van der Waals surface area contributed by atoms with Crippen molar-refractivity contribution in [3.8, 4) is 0 Å². The first-order valence-corrected chi connectivity index (χ1v) is 8.20. The summed E-state index contributed by atoms with van der Waals surface area (Å²) >= 11 is 0. The van der Waals surface area contributed by atoms with Gasteiger partial charge in [0.05, 0.1) is 5.25 Å². The van der Waals surface area contributed by atoms with Gasteiger partial charge in [-0.15, -0.1) is 0 Å². The monoisotopic (exact) mass is 245 g/mol. The van der Waals surface area contributed by atoms with Crippen LogP contribution in [0, 0.1) is 0 Å². The van der Waals surface area contributed by atoms with E-state index in [0.29, 0.717) is 0 Å². The molecule has 0 aromatic carbocycles. The van der Waals surface area contributed by atoms with Gasteiger partial charge in [0, 0.05) is 13.1 Å². The molecule has 2 fully saturated rings. The summed E-state index contributed by atoms with van der Waals surface area (Å²) in [6.07, 6.45) is 9.66. The molecule has 0 bridgehead atoms.